The minimum atomic E-state index is -4.50. The Morgan fingerprint density at radius 1 is 0.966 bits per heavy atom. The van der Waals surface area contributed by atoms with Gasteiger partial charge in [-0.25, -0.2) is 8.42 Å². The molecule has 1 aromatic heterocycles. The largest absolute Gasteiger partial charge is 0.418 e. The van der Waals surface area contributed by atoms with E-state index in [4.69, 9.17) is 0 Å². The number of sulfonamides is 1. The van der Waals surface area contributed by atoms with Crippen LogP contribution in [0.15, 0.2) is 59.6 Å². The lowest BCUT2D eigenvalue weighted by Gasteiger charge is -2.16. The fourth-order valence-electron chi connectivity index (χ4n) is 3.46. The smallest absolute Gasteiger partial charge is 0.355 e. The molecule has 0 atom stereocenters. The number of nitrogens with one attached hydrogen (secondary N) is 1. The quantitative estimate of drug-likeness (QED) is 0.659. The second-order valence-electron chi connectivity index (χ2n) is 6.82. The van der Waals surface area contributed by atoms with Gasteiger partial charge in [0.15, 0.2) is 0 Å². The zero-order valence-electron chi connectivity index (χ0n) is 15.3. The van der Waals surface area contributed by atoms with Crippen LogP contribution < -0.4 is 5.32 Å². The monoisotopic (exact) mass is 421 g/mol. The van der Waals surface area contributed by atoms with Gasteiger partial charge in [-0.15, -0.1) is 0 Å². The zero-order chi connectivity index (χ0) is 20.6. The standard InChI is InChI=1S/C20H18F3N3O2S/c21-20(22,23)17-5-3-4-16-18(10-11-24-19(16)17)25-14-6-8-15(9-7-14)29(27,28)26-12-1-2-13-26/h3-11H,1-2,12-13H2,(H,24,25). The molecule has 152 valence electrons. The number of hydrogen-bond donors (Lipinski definition) is 1. The molecule has 0 aliphatic carbocycles. The second-order valence-corrected chi connectivity index (χ2v) is 8.76. The Kier molecular flexibility index (Phi) is 4.95. The van der Waals surface area contributed by atoms with Gasteiger partial charge < -0.3 is 5.32 Å². The Bertz CT molecular complexity index is 1140. The van der Waals surface area contributed by atoms with Crippen molar-refractivity contribution < 1.29 is 21.6 Å². The number of nitrogens with zero attached hydrogens (tertiary/aromatic N) is 2. The van der Waals surface area contributed by atoms with Crippen molar-refractivity contribution >= 4 is 32.3 Å². The first-order valence-corrected chi connectivity index (χ1v) is 10.5. The van der Waals surface area contributed by atoms with Crippen molar-refractivity contribution in [2.75, 3.05) is 18.4 Å². The number of anilines is 2. The minimum absolute atomic E-state index is 0.141. The summed E-state index contributed by atoms with van der Waals surface area (Å²) < 4.78 is 66.4. The summed E-state index contributed by atoms with van der Waals surface area (Å²) >= 11 is 0. The summed E-state index contributed by atoms with van der Waals surface area (Å²) in [6.07, 6.45) is -1.48. The number of alkyl halides is 3. The molecule has 1 fully saturated rings. The van der Waals surface area contributed by atoms with Crippen molar-refractivity contribution in [3.63, 3.8) is 0 Å². The number of benzene rings is 2. The van der Waals surface area contributed by atoms with Crippen LogP contribution >= 0.6 is 0 Å². The van der Waals surface area contributed by atoms with Gasteiger partial charge in [0.2, 0.25) is 10.0 Å². The Balaban J connectivity index is 1.64. The Hall–Kier alpha value is -2.65. The molecule has 1 aliphatic heterocycles. The molecule has 3 aromatic rings. The number of para-hydroxylation sites is 1. The van der Waals surface area contributed by atoms with Crippen LogP contribution in [0, 0.1) is 0 Å². The number of pyridine rings is 1. The molecule has 4 rings (SSSR count). The summed E-state index contributed by atoms with van der Waals surface area (Å²) in [6, 6.07) is 11.7. The van der Waals surface area contributed by atoms with E-state index in [0.29, 0.717) is 29.9 Å². The normalized spacial score (nSPS) is 15.7. The molecule has 0 amide bonds. The molecule has 2 heterocycles. The summed E-state index contributed by atoms with van der Waals surface area (Å²) in [5.41, 5.74) is 0.0791. The van der Waals surface area contributed by atoms with Gasteiger partial charge in [-0.2, -0.15) is 17.5 Å². The highest BCUT2D eigenvalue weighted by Gasteiger charge is 2.33. The van der Waals surface area contributed by atoms with Gasteiger partial charge in [0.25, 0.3) is 0 Å². The Morgan fingerprint density at radius 2 is 1.66 bits per heavy atom. The molecule has 0 saturated carbocycles. The summed E-state index contributed by atoms with van der Waals surface area (Å²) in [4.78, 5) is 4.09. The van der Waals surface area contributed by atoms with Crippen LogP contribution in [-0.4, -0.2) is 30.8 Å². The summed E-state index contributed by atoms with van der Waals surface area (Å²) in [6.45, 7) is 1.04. The highest BCUT2D eigenvalue weighted by atomic mass is 32.2. The highest BCUT2D eigenvalue weighted by Crippen LogP contribution is 2.36. The molecule has 0 radical (unpaired) electrons. The molecular weight excluding hydrogens is 403 g/mol. The number of aromatic nitrogens is 1. The van der Waals surface area contributed by atoms with Crippen LogP contribution in [0.2, 0.25) is 0 Å². The first-order valence-electron chi connectivity index (χ1n) is 9.09. The SMILES string of the molecule is O=S(=O)(c1ccc(Nc2ccnc3c(C(F)(F)F)cccc23)cc1)N1CCCC1. The first-order chi connectivity index (χ1) is 13.8. The van der Waals surface area contributed by atoms with Gasteiger partial charge in [0.05, 0.1) is 16.0 Å². The van der Waals surface area contributed by atoms with Crippen LogP contribution in [0.4, 0.5) is 24.5 Å². The fraction of sp³-hybridized carbons (Fsp3) is 0.250. The van der Waals surface area contributed by atoms with Gasteiger partial charge >= 0.3 is 6.18 Å². The van der Waals surface area contributed by atoms with Gasteiger partial charge in [0.1, 0.15) is 0 Å². The van der Waals surface area contributed by atoms with E-state index >= 15 is 0 Å². The fourth-order valence-corrected chi connectivity index (χ4v) is 4.97. The second kappa shape index (κ2) is 7.31. The van der Waals surface area contributed by atoms with Crippen LogP contribution in [0.5, 0.6) is 0 Å². The molecule has 5 nitrogen and oxygen atoms in total. The lowest BCUT2D eigenvalue weighted by Crippen LogP contribution is -2.27. The van der Waals surface area contributed by atoms with Crippen molar-refractivity contribution in [2.24, 2.45) is 0 Å². The lowest BCUT2D eigenvalue weighted by molar-refractivity contribution is -0.136. The molecule has 1 aliphatic rings. The lowest BCUT2D eigenvalue weighted by atomic mass is 10.1. The minimum Gasteiger partial charge on any atom is -0.355 e. The topological polar surface area (TPSA) is 62.3 Å². The molecule has 29 heavy (non-hydrogen) atoms. The van der Waals surface area contributed by atoms with E-state index in [0.717, 1.165) is 18.9 Å². The summed E-state index contributed by atoms with van der Waals surface area (Å²) in [5.74, 6) is 0. The highest BCUT2D eigenvalue weighted by molar-refractivity contribution is 7.89. The van der Waals surface area contributed by atoms with Crippen LogP contribution in [0.3, 0.4) is 0 Å². The van der Waals surface area contributed by atoms with Gasteiger partial charge in [-0.1, -0.05) is 12.1 Å². The summed E-state index contributed by atoms with van der Waals surface area (Å²) in [5, 5.41) is 3.39. The summed E-state index contributed by atoms with van der Waals surface area (Å²) in [7, 11) is -3.51. The van der Waals surface area contributed by atoms with E-state index < -0.39 is 21.8 Å². The number of rotatable bonds is 4. The molecule has 0 unspecified atom stereocenters. The van der Waals surface area contributed by atoms with E-state index in [2.05, 4.69) is 10.3 Å². The van der Waals surface area contributed by atoms with E-state index in [-0.39, 0.29) is 10.4 Å². The average molecular weight is 421 g/mol. The first kappa shape index (κ1) is 19.7. The van der Waals surface area contributed by atoms with Crippen LogP contribution in [0.1, 0.15) is 18.4 Å². The Labute approximate surface area is 166 Å². The van der Waals surface area contributed by atoms with Crippen molar-refractivity contribution in [1.82, 2.24) is 9.29 Å². The Morgan fingerprint density at radius 3 is 2.31 bits per heavy atom. The third kappa shape index (κ3) is 3.79. The molecule has 0 spiro atoms. The molecular formula is C20H18F3N3O2S. The van der Waals surface area contributed by atoms with Crippen molar-refractivity contribution in [3.8, 4) is 0 Å². The van der Waals surface area contributed by atoms with E-state index in [1.54, 1.807) is 24.3 Å². The molecule has 2 aromatic carbocycles. The number of hydrogen-bond acceptors (Lipinski definition) is 4. The van der Waals surface area contributed by atoms with E-state index in [1.165, 1.54) is 28.7 Å². The zero-order valence-corrected chi connectivity index (χ0v) is 16.1. The molecule has 0 bridgehead atoms. The number of fused-ring (bicyclic) bond motifs is 1. The van der Waals surface area contributed by atoms with Crippen molar-refractivity contribution in [1.29, 1.82) is 0 Å². The van der Waals surface area contributed by atoms with E-state index in [1.807, 2.05) is 0 Å². The molecule has 9 heteroatoms. The predicted molar refractivity (Wildman–Crippen MR) is 104 cm³/mol. The van der Waals surface area contributed by atoms with Crippen LogP contribution in [-0.2, 0) is 16.2 Å². The van der Waals surface area contributed by atoms with Gasteiger partial charge in [-0.3, -0.25) is 4.98 Å². The maximum absolute atomic E-state index is 13.2. The van der Waals surface area contributed by atoms with Crippen molar-refractivity contribution in [2.45, 2.75) is 23.9 Å². The maximum Gasteiger partial charge on any atom is 0.418 e. The maximum atomic E-state index is 13.2. The predicted octanol–water partition coefficient (Wildman–Crippen LogP) is 4.78. The van der Waals surface area contributed by atoms with Crippen molar-refractivity contribution in [3.05, 3.63) is 60.3 Å². The van der Waals surface area contributed by atoms with Crippen LogP contribution in [0.25, 0.3) is 10.9 Å². The van der Waals surface area contributed by atoms with Gasteiger partial charge in [0, 0.05) is 36.0 Å². The van der Waals surface area contributed by atoms with Gasteiger partial charge in [-0.05, 0) is 49.2 Å². The number of halogens is 3. The third-order valence-corrected chi connectivity index (χ3v) is 6.83. The van der Waals surface area contributed by atoms with E-state index in [9.17, 15) is 21.6 Å². The molecule has 1 N–H and O–H groups in total. The average Bonchev–Trinajstić information content (AvgIpc) is 3.23. The third-order valence-electron chi connectivity index (χ3n) is 4.91. The molecule has 1 saturated heterocycles.